The molecule has 0 radical (unpaired) electrons. The van der Waals surface area contributed by atoms with Gasteiger partial charge in [0.2, 0.25) is 0 Å². The number of rotatable bonds is 1. The van der Waals surface area contributed by atoms with E-state index in [2.05, 4.69) is 21.0 Å². The van der Waals surface area contributed by atoms with Crippen LogP contribution in [0.4, 0.5) is 5.69 Å². The van der Waals surface area contributed by atoms with Crippen LogP contribution in [-0.4, -0.2) is 9.78 Å². The Hall–Kier alpha value is -1.81. The smallest absolute Gasteiger partial charge is 0.0761 e. The molecule has 0 aliphatic carbocycles. The zero-order chi connectivity index (χ0) is 11.8. The molecule has 0 aliphatic rings. The summed E-state index contributed by atoms with van der Waals surface area (Å²) in [7, 11) is 0. The number of hydrogen-bond donors (Lipinski definition) is 1. The molecule has 0 amide bonds. The van der Waals surface area contributed by atoms with Gasteiger partial charge in [-0.2, -0.15) is 5.10 Å². The molecule has 0 aliphatic heterocycles. The van der Waals surface area contributed by atoms with E-state index in [0.29, 0.717) is 0 Å². The molecule has 2 N–H and O–H groups in total. The zero-order valence-corrected chi connectivity index (χ0v) is 10.6. The van der Waals surface area contributed by atoms with Gasteiger partial charge in [0.1, 0.15) is 0 Å². The average molecular weight is 288 g/mol. The monoisotopic (exact) mass is 287 g/mol. The van der Waals surface area contributed by atoms with Crippen LogP contribution in [-0.2, 0) is 0 Å². The van der Waals surface area contributed by atoms with Crippen LogP contribution in [0.2, 0.25) is 0 Å². The Kier molecular flexibility index (Phi) is 2.37. The second-order valence-corrected chi connectivity index (χ2v) is 4.77. The highest BCUT2D eigenvalue weighted by molar-refractivity contribution is 9.10. The predicted octanol–water partition coefficient (Wildman–Crippen LogP) is 3.37. The molecule has 3 rings (SSSR count). The lowest BCUT2D eigenvalue weighted by molar-refractivity contribution is 0.910. The summed E-state index contributed by atoms with van der Waals surface area (Å²) < 4.78 is 2.92. The van der Waals surface area contributed by atoms with Crippen molar-refractivity contribution in [1.29, 1.82) is 0 Å². The molecular weight excluding hydrogens is 278 g/mol. The maximum absolute atomic E-state index is 5.81. The third kappa shape index (κ3) is 1.80. The first kappa shape index (κ1) is 10.4. The largest absolute Gasteiger partial charge is 0.399 e. The number of aromatic nitrogens is 2. The fraction of sp³-hybridized carbons (Fsp3) is 0. The minimum Gasteiger partial charge on any atom is -0.399 e. The fourth-order valence-electron chi connectivity index (χ4n) is 1.85. The number of hydrogen-bond acceptors (Lipinski definition) is 2. The van der Waals surface area contributed by atoms with Crippen LogP contribution in [0.15, 0.2) is 53.1 Å². The third-order valence-corrected chi connectivity index (χ3v) is 3.14. The van der Waals surface area contributed by atoms with Gasteiger partial charge < -0.3 is 5.73 Å². The molecule has 0 saturated carbocycles. The van der Waals surface area contributed by atoms with E-state index < -0.39 is 0 Å². The molecule has 2 aromatic carbocycles. The minimum atomic E-state index is 0.745. The van der Waals surface area contributed by atoms with Gasteiger partial charge in [0.25, 0.3) is 0 Å². The predicted molar refractivity (Wildman–Crippen MR) is 73.2 cm³/mol. The SMILES string of the molecule is Nc1ccc2cnn(-c3cccc(Br)c3)c2c1. The van der Waals surface area contributed by atoms with E-state index in [4.69, 9.17) is 5.73 Å². The highest BCUT2D eigenvalue weighted by atomic mass is 79.9. The number of nitrogens with two attached hydrogens (primary N) is 1. The summed E-state index contributed by atoms with van der Waals surface area (Å²) in [5, 5.41) is 5.47. The van der Waals surface area contributed by atoms with Gasteiger partial charge in [-0.3, -0.25) is 0 Å². The maximum atomic E-state index is 5.81. The van der Waals surface area contributed by atoms with E-state index in [0.717, 1.165) is 26.8 Å². The Bertz CT molecular complexity index is 688. The van der Waals surface area contributed by atoms with Gasteiger partial charge in [-0.15, -0.1) is 0 Å². The zero-order valence-electron chi connectivity index (χ0n) is 8.97. The van der Waals surface area contributed by atoms with Crippen LogP contribution in [0, 0.1) is 0 Å². The highest BCUT2D eigenvalue weighted by Gasteiger charge is 2.05. The van der Waals surface area contributed by atoms with E-state index in [1.807, 2.05) is 53.3 Å². The van der Waals surface area contributed by atoms with Crippen LogP contribution >= 0.6 is 15.9 Å². The number of benzene rings is 2. The quantitative estimate of drug-likeness (QED) is 0.698. The lowest BCUT2D eigenvalue weighted by Gasteiger charge is -2.04. The molecule has 17 heavy (non-hydrogen) atoms. The molecule has 1 aromatic heterocycles. The van der Waals surface area contributed by atoms with E-state index >= 15 is 0 Å². The Morgan fingerprint density at radius 3 is 2.82 bits per heavy atom. The number of nitrogen functional groups attached to an aromatic ring is 1. The summed E-state index contributed by atoms with van der Waals surface area (Å²) in [6.45, 7) is 0. The molecule has 3 aromatic rings. The van der Waals surface area contributed by atoms with E-state index in [9.17, 15) is 0 Å². The summed E-state index contributed by atoms with van der Waals surface area (Å²) in [4.78, 5) is 0. The minimum absolute atomic E-state index is 0.745. The maximum Gasteiger partial charge on any atom is 0.0761 e. The van der Waals surface area contributed by atoms with Crippen molar-refractivity contribution in [3.8, 4) is 5.69 Å². The van der Waals surface area contributed by atoms with Gasteiger partial charge in [-0.05, 0) is 36.4 Å². The van der Waals surface area contributed by atoms with E-state index in [1.165, 1.54) is 0 Å². The Morgan fingerprint density at radius 2 is 2.00 bits per heavy atom. The van der Waals surface area contributed by atoms with Crippen LogP contribution in [0.3, 0.4) is 0 Å². The topological polar surface area (TPSA) is 43.8 Å². The van der Waals surface area contributed by atoms with Crippen LogP contribution < -0.4 is 5.73 Å². The third-order valence-electron chi connectivity index (χ3n) is 2.65. The molecule has 4 heteroatoms. The van der Waals surface area contributed by atoms with Crippen LogP contribution in [0.5, 0.6) is 0 Å². The molecule has 1 heterocycles. The van der Waals surface area contributed by atoms with Crippen LogP contribution in [0.1, 0.15) is 0 Å². The molecular formula is C13H10BrN3. The average Bonchev–Trinajstić information content (AvgIpc) is 2.71. The molecule has 0 bridgehead atoms. The first-order valence-electron chi connectivity index (χ1n) is 5.23. The van der Waals surface area contributed by atoms with Crippen molar-refractivity contribution < 1.29 is 0 Å². The van der Waals surface area contributed by atoms with Gasteiger partial charge in [0, 0.05) is 15.5 Å². The number of anilines is 1. The summed E-state index contributed by atoms with van der Waals surface area (Å²) in [5.74, 6) is 0. The molecule has 84 valence electrons. The van der Waals surface area contributed by atoms with Crippen molar-refractivity contribution in [2.24, 2.45) is 0 Å². The molecule has 0 atom stereocenters. The second-order valence-electron chi connectivity index (χ2n) is 3.85. The summed E-state index contributed by atoms with van der Waals surface area (Å²) in [5.41, 5.74) is 8.58. The van der Waals surface area contributed by atoms with Gasteiger partial charge in [-0.25, -0.2) is 4.68 Å². The second kappa shape index (κ2) is 3.89. The van der Waals surface area contributed by atoms with E-state index in [1.54, 1.807) is 0 Å². The van der Waals surface area contributed by atoms with Gasteiger partial charge in [0.05, 0.1) is 17.4 Å². The highest BCUT2D eigenvalue weighted by Crippen LogP contribution is 2.22. The lowest BCUT2D eigenvalue weighted by Crippen LogP contribution is -1.96. The van der Waals surface area contributed by atoms with Crippen molar-refractivity contribution in [2.75, 3.05) is 5.73 Å². The lowest BCUT2D eigenvalue weighted by atomic mass is 10.2. The van der Waals surface area contributed by atoms with Crippen molar-refractivity contribution >= 4 is 32.5 Å². The van der Waals surface area contributed by atoms with Gasteiger partial charge >= 0.3 is 0 Å². The molecule has 0 saturated heterocycles. The number of nitrogens with zero attached hydrogens (tertiary/aromatic N) is 2. The van der Waals surface area contributed by atoms with Crippen molar-refractivity contribution in [1.82, 2.24) is 9.78 Å². The molecule has 0 fully saturated rings. The normalized spacial score (nSPS) is 10.9. The molecule has 3 nitrogen and oxygen atoms in total. The summed E-state index contributed by atoms with van der Waals surface area (Å²) in [6, 6.07) is 13.8. The van der Waals surface area contributed by atoms with Crippen LogP contribution in [0.25, 0.3) is 16.6 Å². The van der Waals surface area contributed by atoms with Crippen molar-refractivity contribution in [2.45, 2.75) is 0 Å². The Balaban J connectivity index is 2.27. The summed E-state index contributed by atoms with van der Waals surface area (Å²) in [6.07, 6.45) is 1.84. The standard InChI is InChI=1S/C13H10BrN3/c14-10-2-1-3-12(6-10)17-13-7-11(15)5-4-9(13)8-16-17/h1-8H,15H2. The van der Waals surface area contributed by atoms with Crippen molar-refractivity contribution in [3.05, 3.63) is 53.1 Å². The number of halogens is 1. The molecule has 0 unspecified atom stereocenters. The Labute approximate surface area is 107 Å². The van der Waals surface area contributed by atoms with Gasteiger partial charge in [0.15, 0.2) is 0 Å². The Morgan fingerprint density at radius 1 is 1.12 bits per heavy atom. The molecule has 0 spiro atoms. The fourth-order valence-corrected chi connectivity index (χ4v) is 2.24. The van der Waals surface area contributed by atoms with Crippen molar-refractivity contribution in [3.63, 3.8) is 0 Å². The first-order chi connectivity index (χ1) is 8.24. The summed E-state index contributed by atoms with van der Waals surface area (Å²) >= 11 is 3.46. The first-order valence-corrected chi connectivity index (χ1v) is 6.02. The van der Waals surface area contributed by atoms with E-state index in [-0.39, 0.29) is 0 Å². The number of fused-ring (bicyclic) bond motifs is 1. The van der Waals surface area contributed by atoms with Gasteiger partial charge in [-0.1, -0.05) is 22.0 Å².